The number of hydrogen-bond donors (Lipinski definition) is 1. The molecular weight excluding hydrogens is 486 g/mol. The molecule has 204 valence electrons. The molecule has 0 unspecified atom stereocenters. The summed E-state index contributed by atoms with van der Waals surface area (Å²) in [6.45, 7) is 4.68. The second-order valence-electron chi connectivity index (χ2n) is 7.68. The zero-order valence-electron chi connectivity index (χ0n) is 20.9. The number of nitrogens with two attached hydrogens (primary N) is 1. The molecule has 2 aromatic rings. The van der Waals surface area contributed by atoms with Crippen molar-refractivity contribution in [3.05, 3.63) is 48.0 Å². The van der Waals surface area contributed by atoms with E-state index in [0.29, 0.717) is 108 Å². The summed E-state index contributed by atoms with van der Waals surface area (Å²) in [4.78, 5) is 10.9. The lowest BCUT2D eigenvalue weighted by molar-refractivity contribution is 0.0223. The highest BCUT2D eigenvalue weighted by Gasteiger charge is 2.09. The number of ether oxygens (including phenoxy) is 9. The van der Waals surface area contributed by atoms with E-state index in [2.05, 4.69) is 0 Å². The molecule has 2 N–H and O–H groups in total. The van der Waals surface area contributed by atoms with Gasteiger partial charge in [-0.25, -0.2) is 4.79 Å². The molecule has 0 saturated heterocycles. The number of para-hydroxylation sites is 2. The summed E-state index contributed by atoms with van der Waals surface area (Å²) in [5.74, 6) is 2.35. The van der Waals surface area contributed by atoms with Gasteiger partial charge in [-0.05, 0) is 29.8 Å². The van der Waals surface area contributed by atoms with E-state index < -0.39 is 6.09 Å². The molecule has 2 aromatic carbocycles. The van der Waals surface area contributed by atoms with Gasteiger partial charge in [0.1, 0.15) is 33.0 Å². The van der Waals surface area contributed by atoms with Crippen LogP contribution in [0.5, 0.6) is 23.0 Å². The Morgan fingerprint density at radius 2 is 1.00 bits per heavy atom. The van der Waals surface area contributed by atoms with Gasteiger partial charge in [-0.15, -0.1) is 0 Å². The minimum absolute atomic E-state index is 0.0310. The Hall–Kier alpha value is -3.25. The van der Waals surface area contributed by atoms with Crippen LogP contribution in [0.15, 0.2) is 42.5 Å². The van der Waals surface area contributed by atoms with Crippen molar-refractivity contribution in [3.63, 3.8) is 0 Å². The van der Waals surface area contributed by atoms with Crippen molar-refractivity contribution in [2.75, 3.05) is 79.3 Å². The molecule has 0 aromatic heterocycles. The van der Waals surface area contributed by atoms with Gasteiger partial charge in [0, 0.05) is 0 Å². The molecule has 0 spiro atoms. The monoisotopic (exact) mass is 521 g/mol. The van der Waals surface area contributed by atoms with Crippen LogP contribution in [0, 0.1) is 0 Å². The summed E-state index contributed by atoms with van der Waals surface area (Å²) >= 11 is 0. The highest BCUT2D eigenvalue weighted by Crippen LogP contribution is 2.29. The van der Waals surface area contributed by atoms with E-state index in [1.54, 1.807) is 18.2 Å². The second-order valence-corrected chi connectivity index (χ2v) is 7.68. The van der Waals surface area contributed by atoms with Crippen molar-refractivity contribution in [1.29, 1.82) is 0 Å². The molecular formula is C26H35NO10. The molecule has 0 atom stereocenters. The van der Waals surface area contributed by atoms with E-state index >= 15 is 0 Å². The number of amides is 1. The number of hydrogen-bond acceptors (Lipinski definition) is 10. The molecule has 1 amide bonds. The number of rotatable bonds is 2. The van der Waals surface area contributed by atoms with Crippen molar-refractivity contribution in [3.8, 4) is 23.0 Å². The average molecular weight is 522 g/mol. The van der Waals surface area contributed by atoms with Crippen LogP contribution in [0.1, 0.15) is 5.56 Å². The van der Waals surface area contributed by atoms with E-state index in [1.807, 2.05) is 24.3 Å². The van der Waals surface area contributed by atoms with Gasteiger partial charge in [-0.2, -0.15) is 0 Å². The van der Waals surface area contributed by atoms with Crippen LogP contribution in [0.2, 0.25) is 0 Å². The summed E-state index contributed by atoms with van der Waals surface area (Å²) in [6, 6.07) is 12.7. The van der Waals surface area contributed by atoms with Crippen LogP contribution >= 0.6 is 0 Å². The van der Waals surface area contributed by atoms with Gasteiger partial charge >= 0.3 is 6.09 Å². The molecule has 11 heteroatoms. The standard InChI is InChI=1S/C26H35NO10/c27-26(28)37-20-21-5-6-24-25(19-21)36-18-14-32-10-9-30-12-16-34-23-4-2-1-3-22(23)33-15-11-29-7-8-31-13-17-35-24/h1-6,19H,7-18,20H2,(H2,27,28). The van der Waals surface area contributed by atoms with Gasteiger partial charge in [-0.3, -0.25) is 0 Å². The number of primary amides is 1. The predicted molar refractivity (Wildman–Crippen MR) is 133 cm³/mol. The van der Waals surface area contributed by atoms with Gasteiger partial charge < -0.3 is 48.4 Å². The Balaban J connectivity index is 1.50. The van der Waals surface area contributed by atoms with Crippen LogP contribution in [0.25, 0.3) is 0 Å². The minimum Gasteiger partial charge on any atom is -0.487 e. The highest BCUT2D eigenvalue weighted by molar-refractivity contribution is 5.64. The number of carbonyl (C=O) groups is 1. The van der Waals surface area contributed by atoms with E-state index in [0.717, 1.165) is 0 Å². The second kappa shape index (κ2) is 17.2. The van der Waals surface area contributed by atoms with Crippen molar-refractivity contribution in [2.45, 2.75) is 6.61 Å². The van der Waals surface area contributed by atoms with E-state index in [4.69, 9.17) is 48.4 Å². The molecule has 1 aliphatic rings. The Morgan fingerprint density at radius 1 is 0.595 bits per heavy atom. The molecule has 0 saturated carbocycles. The molecule has 0 fully saturated rings. The lowest BCUT2D eigenvalue weighted by Crippen LogP contribution is -2.16. The van der Waals surface area contributed by atoms with Gasteiger partial charge in [0.2, 0.25) is 0 Å². The zero-order chi connectivity index (χ0) is 26.0. The van der Waals surface area contributed by atoms with Crippen molar-refractivity contribution < 1.29 is 47.4 Å². The molecule has 0 radical (unpaired) electrons. The van der Waals surface area contributed by atoms with Crippen LogP contribution in [0.4, 0.5) is 4.79 Å². The third kappa shape index (κ3) is 11.6. The first kappa shape index (κ1) is 28.3. The third-order valence-corrected chi connectivity index (χ3v) is 4.92. The maximum absolute atomic E-state index is 10.9. The van der Waals surface area contributed by atoms with Crippen molar-refractivity contribution >= 4 is 6.09 Å². The highest BCUT2D eigenvalue weighted by atomic mass is 16.6. The van der Waals surface area contributed by atoms with Crippen molar-refractivity contribution in [2.24, 2.45) is 5.73 Å². The number of fused-ring (bicyclic) bond motifs is 2. The largest absolute Gasteiger partial charge is 0.487 e. The molecule has 1 heterocycles. The third-order valence-electron chi connectivity index (χ3n) is 4.92. The van der Waals surface area contributed by atoms with Gasteiger partial charge in [0.15, 0.2) is 23.0 Å². The Labute approximate surface area is 216 Å². The SMILES string of the molecule is NC(=O)OCc1ccc2c(c1)OCCOCCOCCOc1ccccc1OCCOCCOCCO2. The quantitative estimate of drug-likeness (QED) is 0.630. The summed E-state index contributed by atoms with van der Waals surface area (Å²) in [5, 5.41) is 0. The van der Waals surface area contributed by atoms with Crippen LogP contribution in [-0.4, -0.2) is 85.4 Å². The number of carbonyl (C=O) groups excluding carboxylic acids is 1. The summed E-state index contributed by atoms with van der Waals surface area (Å²) < 4.78 is 50.4. The summed E-state index contributed by atoms with van der Waals surface area (Å²) in [7, 11) is 0. The summed E-state index contributed by atoms with van der Waals surface area (Å²) in [6.07, 6.45) is -0.847. The maximum atomic E-state index is 10.9. The average Bonchev–Trinajstić information content (AvgIpc) is 2.90. The molecule has 1 aliphatic heterocycles. The van der Waals surface area contributed by atoms with Gasteiger partial charge in [0.25, 0.3) is 0 Å². The smallest absolute Gasteiger partial charge is 0.404 e. The van der Waals surface area contributed by atoms with Crippen LogP contribution in [0.3, 0.4) is 0 Å². The molecule has 37 heavy (non-hydrogen) atoms. The van der Waals surface area contributed by atoms with E-state index in [1.165, 1.54) is 0 Å². The Kier molecular flexibility index (Phi) is 13.2. The predicted octanol–water partition coefficient (Wildman–Crippen LogP) is 2.58. The first-order chi connectivity index (χ1) is 18.2. The normalized spacial score (nSPS) is 17.2. The molecule has 11 nitrogen and oxygen atoms in total. The fourth-order valence-corrected chi connectivity index (χ4v) is 3.20. The van der Waals surface area contributed by atoms with Crippen molar-refractivity contribution in [1.82, 2.24) is 0 Å². The fraction of sp³-hybridized carbons (Fsp3) is 0.500. The molecule has 0 aliphatic carbocycles. The topological polar surface area (TPSA) is 126 Å². The van der Waals surface area contributed by atoms with Gasteiger partial charge in [0.05, 0.1) is 52.9 Å². The lowest BCUT2D eigenvalue weighted by atomic mass is 10.2. The summed E-state index contributed by atoms with van der Waals surface area (Å²) in [5.41, 5.74) is 5.77. The lowest BCUT2D eigenvalue weighted by Gasteiger charge is -2.15. The first-order valence-corrected chi connectivity index (χ1v) is 12.2. The fourth-order valence-electron chi connectivity index (χ4n) is 3.20. The van der Waals surface area contributed by atoms with E-state index in [-0.39, 0.29) is 6.61 Å². The molecule has 0 bridgehead atoms. The van der Waals surface area contributed by atoms with Crippen LogP contribution in [-0.2, 0) is 30.3 Å². The molecule has 3 rings (SSSR count). The minimum atomic E-state index is -0.847. The Bertz CT molecular complexity index is 926. The number of benzene rings is 2. The van der Waals surface area contributed by atoms with E-state index in [9.17, 15) is 4.79 Å². The van der Waals surface area contributed by atoms with Crippen LogP contribution < -0.4 is 24.7 Å². The maximum Gasteiger partial charge on any atom is 0.404 e. The van der Waals surface area contributed by atoms with Gasteiger partial charge in [-0.1, -0.05) is 18.2 Å². The first-order valence-electron chi connectivity index (χ1n) is 12.2. The zero-order valence-corrected chi connectivity index (χ0v) is 20.9. The Morgan fingerprint density at radius 3 is 1.46 bits per heavy atom.